The van der Waals surface area contributed by atoms with Crippen LogP contribution in [0.3, 0.4) is 0 Å². The quantitative estimate of drug-likeness (QED) is 0.162. The van der Waals surface area contributed by atoms with E-state index in [1.54, 1.807) is 0 Å². The van der Waals surface area contributed by atoms with Gasteiger partial charge in [0.1, 0.15) is 0 Å². The van der Waals surface area contributed by atoms with Crippen molar-refractivity contribution in [2.45, 2.75) is 67.2 Å². The van der Waals surface area contributed by atoms with Crippen molar-refractivity contribution in [2.75, 3.05) is 16.3 Å². The smallest absolute Gasteiger partial charge is 0.0467 e. The van der Waals surface area contributed by atoms with E-state index in [1.165, 1.54) is 33.6 Å². The van der Waals surface area contributed by atoms with Gasteiger partial charge in [0.25, 0.3) is 0 Å². The van der Waals surface area contributed by atoms with Gasteiger partial charge in [-0.1, -0.05) is 164 Å². The lowest BCUT2D eigenvalue weighted by atomic mass is 9.83. The van der Waals surface area contributed by atoms with Crippen molar-refractivity contribution >= 4 is 22.8 Å². The summed E-state index contributed by atoms with van der Waals surface area (Å²) in [5, 5.41) is 0. The average molecular weight is 685 g/mol. The molecule has 0 bridgehead atoms. The van der Waals surface area contributed by atoms with E-state index in [0.29, 0.717) is 0 Å². The molecule has 0 unspecified atom stereocenters. The first-order chi connectivity index (χ1) is 24.7. The van der Waals surface area contributed by atoms with Gasteiger partial charge in [-0.05, 0) is 106 Å². The van der Waals surface area contributed by atoms with Gasteiger partial charge in [-0.25, -0.2) is 0 Å². The first-order valence-electron chi connectivity index (χ1n) is 18.4. The largest absolute Gasteiger partial charge is 0.337 e. The molecule has 0 atom stereocenters. The molecule has 1 aliphatic rings. The molecule has 4 aromatic carbocycles. The summed E-state index contributed by atoms with van der Waals surface area (Å²) in [5.74, 6) is 0. The van der Waals surface area contributed by atoms with Gasteiger partial charge in [0.05, 0.1) is 0 Å². The highest BCUT2D eigenvalue weighted by molar-refractivity contribution is 5.86. The second kappa shape index (κ2) is 15.9. The van der Waals surface area contributed by atoms with Crippen LogP contribution in [0.5, 0.6) is 0 Å². The molecule has 1 aliphatic heterocycles. The number of hydrogen-bond acceptors (Lipinski definition) is 2. The number of benzene rings is 4. The molecule has 0 saturated heterocycles. The van der Waals surface area contributed by atoms with Gasteiger partial charge < -0.3 is 9.80 Å². The predicted molar refractivity (Wildman–Crippen MR) is 229 cm³/mol. The highest BCUT2D eigenvalue weighted by Gasteiger charge is 2.22. The fraction of sp³-hybridized carbons (Fsp3) is 0.240. The number of allylic oxidation sites excluding steroid dienone is 7. The number of fused-ring (bicyclic) bond motifs is 1. The summed E-state index contributed by atoms with van der Waals surface area (Å²) in [6.45, 7) is 32.1. The molecule has 1 heterocycles. The minimum atomic E-state index is 0.0763. The van der Waals surface area contributed by atoms with E-state index in [-0.39, 0.29) is 10.8 Å². The van der Waals surface area contributed by atoms with Gasteiger partial charge in [0.2, 0.25) is 0 Å². The summed E-state index contributed by atoms with van der Waals surface area (Å²) in [6.07, 6.45) is 15.9. The van der Waals surface area contributed by atoms with E-state index in [4.69, 9.17) is 0 Å². The molecule has 266 valence electrons. The van der Waals surface area contributed by atoms with Crippen molar-refractivity contribution in [3.8, 4) is 11.1 Å². The van der Waals surface area contributed by atoms with Crippen LogP contribution >= 0.6 is 0 Å². The maximum atomic E-state index is 4.54. The van der Waals surface area contributed by atoms with Crippen LogP contribution in [-0.4, -0.2) is 6.54 Å². The normalized spacial score (nSPS) is 13.7. The summed E-state index contributed by atoms with van der Waals surface area (Å²) in [5.41, 5.74) is 14.6. The van der Waals surface area contributed by atoms with Gasteiger partial charge in [-0.15, -0.1) is 0 Å². The third-order valence-electron chi connectivity index (χ3n) is 9.82. The van der Waals surface area contributed by atoms with Crippen LogP contribution in [0, 0.1) is 12.3 Å². The number of nitrogens with zero attached hydrogens (tertiary/aromatic N) is 2. The van der Waals surface area contributed by atoms with Crippen molar-refractivity contribution in [1.82, 2.24) is 0 Å². The van der Waals surface area contributed by atoms with Crippen molar-refractivity contribution < 1.29 is 0 Å². The Balaban J connectivity index is 1.54. The molecule has 0 saturated carbocycles. The molecule has 0 aromatic heterocycles. The molecule has 0 N–H and O–H groups in total. The highest BCUT2D eigenvalue weighted by atomic mass is 15.2. The van der Waals surface area contributed by atoms with Crippen molar-refractivity contribution in [3.63, 3.8) is 0 Å². The minimum absolute atomic E-state index is 0.0763. The molecule has 4 aromatic rings. The lowest BCUT2D eigenvalue weighted by molar-refractivity contribution is 0.515. The van der Waals surface area contributed by atoms with Crippen LogP contribution in [0.1, 0.15) is 70.7 Å². The second-order valence-electron chi connectivity index (χ2n) is 15.8. The van der Waals surface area contributed by atoms with E-state index in [0.717, 1.165) is 52.3 Å². The highest BCUT2D eigenvalue weighted by Crippen LogP contribution is 2.39. The molecule has 0 radical (unpaired) electrons. The van der Waals surface area contributed by atoms with E-state index in [9.17, 15) is 0 Å². The molecular formula is C50H56N2. The van der Waals surface area contributed by atoms with Crippen molar-refractivity contribution in [1.29, 1.82) is 0 Å². The zero-order chi connectivity index (χ0) is 37.6. The molecule has 2 nitrogen and oxygen atoms in total. The minimum Gasteiger partial charge on any atom is -0.337 e. The Kier molecular flexibility index (Phi) is 11.6. The summed E-state index contributed by atoms with van der Waals surface area (Å²) in [6, 6.07) is 32.9. The Morgan fingerprint density at radius 1 is 0.788 bits per heavy atom. The predicted octanol–water partition coefficient (Wildman–Crippen LogP) is 13.9. The Labute approximate surface area is 314 Å². The van der Waals surface area contributed by atoms with Crippen LogP contribution < -0.4 is 9.80 Å². The summed E-state index contributed by atoms with van der Waals surface area (Å²) < 4.78 is 0. The lowest BCUT2D eigenvalue weighted by Crippen LogP contribution is -2.20. The van der Waals surface area contributed by atoms with Crippen LogP contribution in [0.15, 0.2) is 170 Å². The van der Waals surface area contributed by atoms with Gasteiger partial charge in [0, 0.05) is 35.0 Å². The van der Waals surface area contributed by atoms with Crippen molar-refractivity contribution in [2.24, 2.45) is 5.41 Å². The Bertz CT molecular complexity index is 2050. The third kappa shape index (κ3) is 8.75. The second-order valence-corrected chi connectivity index (χ2v) is 15.8. The van der Waals surface area contributed by atoms with Crippen LogP contribution in [0.25, 0.3) is 16.8 Å². The molecule has 0 spiro atoms. The number of rotatable bonds is 9. The molecule has 0 aliphatic carbocycles. The van der Waals surface area contributed by atoms with Gasteiger partial charge in [-0.2, -0.15) is 0 Å². The molecule has 0 amide bonds. The average Bonchev–Trinajstić information content (AvgIpc) is 3.21. The zero-order valence-electron chi connectivity index (χ0n) is 32.6. The van der Waals surface area contributed by atoms with Crippen molar-refractivity contribution in [3.05, 3.63) is 192 Å². The van der Waals surface area contributed by atoms with Gasteiger partial charge >= 0.3 is 0 Å². The fourth-order valence-electron chi connectivity index (χ4n) is 6.59. The monoisotopic (exact) mass is 684 g/mol. The maximum absolute atomic E-state index is 4.54. The third-order valence-corrected chi connectivity index (χ3v) is 9.82. The molecule has 2 heteroatoms. The first kappa shape index (κ1) is 37.9. The van der Waals surface area contributed by atoms with Gasteiger partial charge in [0.15, 0.2) is 0 Å². The summed E-state index contributed by atoms with van der Waals surface area (Å²) in [7, 11) is 0. The standard InChI is InChI=1S/C50H56N2/c1-12-13-15-19-36(2)38(4)52(39(5)40-20-16-14-17-21-40)46-29-23-37(3)47(35-46)41-25-30-45(31-26-41)51-33-18-22-43(49(6,7)8)27-24-42-34-44(50(9,10)11)28-32-48(42)51/h12-23,25-32,34-35H,2,4-5,24,33H2,1,3,6-11H3. The SMILES string of the molecule is C=C(C=CC=CC)C(=C)N(C(=C)c1ccccc1)c1ccc(C)c(-c2ccc(N3CC=CC(C(C)(C)C)=CCc4cc(C(C)(C)C)ccc43)cc2)c1. The van der Waals surface area contributed by atoms with Crippen LogP contribution in [0.4, 0.5) is 17.1 Å². The number of anilines is 3. The maximum Gasteiger partial charge on any atom is 0.0467 e. The number of hydrogen-bond donors (Lipinski definition) is 0. The van der Waals surface area contributed by atoms with E-state index < -0.39 is 0 Å². The lowest BCUT2D eigenvalue weighted by Gasteiger charge is -2.30. The van der Waals surface area contributed by atoms with Gasteiger partial charge in [-0.3, -0.25) is 0 Å². The topological polar surface area (TPSA) is 6.48 Å². The summed E-state index contributed by atoms with van der Waals surface area (Å²) >= 11 is 0. The Morgan fingerprint density at radius 3 is 2.15 bits per heavy atom. The molecule has 52 heavy (non-hydrogen) atoms. The Morgan fingerprint density at radius 2 is 1.50 bits per heavy atom. The van der Waals surface area contributed by atoms with E-state index >= 15 is 0 Å². The van der Waals surface area contributed by atoms with E-state index in [1.807, 2.05) is 49.4 Å². The Hall–Kier alpha value is -5.34. The van der Waals surface area contributed by atoms with Crippen LogP contribution in [-0.2, 0) is 11.8 Å². The molecule has 5 rings (SSSR count). The number of aryl methyl sites for hydroxylation is 1. The van der Waals surface area contributed by atoms with E-state index in [2.05, 4.69) is 169 Å². The zero-order valence-corrected chi connectivity index (χ0v) is 32.6. The molecule has 0 fully saturated rings. The first-order valence-corrected chi connectivity index (χ1v) is 18.4. The fourth-order valence-corrected chi connectivity index (χ4v) is 6.59. The van der Waals surface area contributed by atoms with Crippen LogP contribution in [0.2, 0.25) is 0 Å². The summed E-state index contributed by atoms with van der Waals surface area (Å²) in [4.78, 5) is 4.57. The molecular weight excluding hydrogens is 629 g/mol.